The third-order valence-corrected chi connectivity index (χ3v) is 5.18. The highest BCUT2D eigenvalue weighted by molar-refractivity contribution is 7.92. The van der Waals surface area contributed by atoms with Gasteiger partial charge >= 0.3 is 0 Å². The summed E-state index contributed by atoms with van der Waals surface area (Å²) in [7, 11) is -3.68. The minimum atomic E-state index is -3.68. The third-order valence-electron chi connectivity index (χ3n) is 3.78. The van der Waals surface area contributed by atoms with Crippen molar-refractivity contribution in [2.45, 2.75) is 24.8 Å². The van der Waals surface area contributed by atoms with E-state index in [9.17, 15) is 13.2 Å². The number of nitrogens with one attached hydrogen (secondary N) is 2. The van der Waals surface area contributed by atoms with E-state index in [0.29, 0.717) is 17.9 Å². The standard InChI is InChI=1S/C19H20N4O3S/c1-15-13-20-23(14-15)11-10-19(24)21-16-6-5-7-17(12-16)22-27(25,26)18-8-3-2-4-9-18/h2-9,12-14,22H,10-11H2,1H3,(H,21,24). The van der Waals surface area contributed by atoms with Crippen LogP contribution in [0.15, 0.2) is 71.9 Å². The number of nitrogens with zero attached hydrogens (tertiary/aromatic N) is 2. The van der Waals surface area contributed by atoms with Crippen molar-refractivity contribution < 1.29 is 13.2 Å². The van der Waals surface area contributed by atoms with Crippen molar-refractivity contribution >= 4 is 27.3 Å². The third kappa shape index (κ3) is 5.18. The molecular weight excluding hydrogens is 364 g/mol. The van der Waals surface area contributed by atoms with E-state index in [2.05, 4.69) is 15.1 Å². The molecule has 0 spiro atoms. The summed E-state index contributed by atoms with van der Waals surface area (Å²) in [6.07, 6.45) is 3.87. The first-order chi connectivity index (χ1) is 12.9. The first kappa shape index (κ1) is 18.7. The Morgan fingerprint density at radius 2 is 1.81 bits per heavy atom. The fourth-order valence-corrected chi connectivity index (χ4v) is 3.57. The molecule has 0 unspecified atom stereocenters. The number of rotatable bonds is 7. The molecule has 2 aromatic carbocycles. The number of aryl methyl sites for hydroxylation is 2. The first-order valence-corrected chi connectivity index (χ1v) is 9.87. The maximum absolute atomic E-state index is 12.4. The van der Waals surface area contributed by atoms with Gasteiger partial charge in [0.15, 0.2) is 0 Å². The first-order valence-electron chi connectivity index (χ1n) is 8.39. The highest BCUT2D eigenvalue weighted by atomic mass is 32.2. The van der Waals surface area contributed by atoms with Gasteiger partial charge in [-0.25, -0.2) is 8.42 Å². The van der Waals surface area contributed by atoms with Gasteiger partial charge in [0.05, 0.1) is 16.8 Å². The maximum atomic E-state index is 12.4. The molecule has 0 aliphatic rings. The number of sulfonamides is 1. The normalized spacial score (nSPS) is 11.1. The molecule has 1 heterocycles. The van der Waals surface area contributed by atoms with E-state index in [-0.39, 0.29) is 17.2 Å². The van der Waals surface area contributed by atoms with E-state index in [4.69, 9.17) is 0 Å². The van der Waals surface area contributed by atoms with Crippen LogP contribution in [0.2, 0.25) is 0 Å². The summed E-state index contributed by atoms with van der Waals surface area (Å²) in [6, 6.07) is 14.7. The monoisotopic (exact) mass is 384 g/mol. The van der Waals surface area contributed by atoms with Crippen molar-refractivity contribution in [1.82, 2.24) is 9.78 Å². The van der Waals surface area contributed by atoms with Crippen LogP contribution in [0.25, 0.3) is 0 Å². The SMILES string of the molecule is Cc1cnn(CCC(=O)Nc2cccc(NS(=O)(=O)c3ccccc3)c2)c1. The lowest BCUT2D eigenvalue weighted by Gasteiger charge is -2.10. The number of anilines is 2. The highest BCUT2D eigenvalue weighted by Gasteiger charge is 2.13. The fraction of sp³-hybridized carbons (Fsp3) is 0.158. The predicted octanol–water partition coefficient (Wildman–Crippen LogP) is 3.02. The number of hydrogen-bond acceptors (Lipinski definition) is 4. The largest absolute Gasteiger partial charge is 0.326 e. The summed E-state index contributed by atoms with van der Waals surface area (Å²) in [4.78, 5) is 12.3. The Morgan fingerprint density at radius 1 is 1.07 bits per heavy atom. The van der Waals surface area contributed by atoms with Gasteiger partial charge in [-0.15, -0.1) is 0 Å². The Kier molecular flexibility index (Phi) is 5.56. The van der Waals surface area contributed by atoms with Gasteiger partial charge in [0.25, 0.3) is 10.0 Å². The van der Waals surface area contributed by atoms with Crippen LogP contribution in [0.4, 0.5) is 11.4 Å². The van der Waals surface area contributed by atoms with Crippen molar-refractivity contribution in [2.24, 2.45) is 0 Å². The van der Waals surface area contributed by atoms with E-state index in [1.54, 1.807) is 53.3 Å². The molecular formula is C19H20N4O3S. The van der Waals surface area contributed by atoms with Crippen molar-refractivity contribution in [1.29, 1.82) is 0 Å². The molecule has 140 valence electrons. The van der Waals surface area contributed by atoms with Crippen molar-refractivity contribution in [2.75, 3.05) is 10.0 Å². The second-order valence-corrected chi connectivity index (χ2v) is 7.76. The highest BCUT2D eigenvalue weighted by Crippen LogP contribution is 2.19. The molecule has 0 atom stereocenters. The Balaban J connectivity index is 1.62. The Morgan fingerprint density at radius 3 is 2.52 bits per heavy atom. The number of carbonyl (C=O) groups is 1. The average molecular weight is 384 g/mol. The lowest BCUT2D eigenvalue weighted by atomic mass is 10.2. The summed E-state index contributed by atoms with van der Waals surface area (Å²) >= 11 is 0. The molecule has 0 radical (unpaired) electrons. The molecule has 1 aromatic heterocycles. The summed E-state index contributed by atoms with van der Waals surface area (Å²) < 4.78 is 29.0. The van der Waals surface area contributed by atoms with Gasteiger partial charge in [-0.05, 0) is 42.8 Å². The minimum Gasteiger partial charge on any atom is -0.326 e. The molecule has 0 saturated carbocycles. The molecule has 3 aromatic rings. The van der Waals surface area contributed by atoms with Gasteiger partial charge in [-0.2, -0.15) is 5.10 Å². The number of carbonyl (C=O) groups excluding carboxylic acids is 1. The number of hydrogen-bond donors (Lipinski definition) is 2. The molecule has 0 saturated heterocycles. The quantitative estimate of drug-likeness (QED) is 0.655. The summed E-state index contributed by atoms with van der Waals surface area (Å²) in [5.41, 5.74) is 1.93. The fourth-order valence-electron chi connectivity index (χ4n) is 2.50. The Labute approximate surface area is 158 Å². The predicted molar refractivity (Wildman–Crippen MR) is 104 cm³/mol. The van der Waals surface area contributed by atoms with Crippen LogP contribution < -0.4 is 10.0 Å². The lowest BCUT2D eigenvalue weighted by molar-refractivity contribution is -0.116. The Hall–Kier alpha value is -3.13. The minimum absolute atomic E-state index is 0.175. The van der Waals surface area contributed by atoms with E-state index in [1.165, 1.54) is 12.1 Å². The van der Waals surface area contributed by atoms with E-state index < -0.39 is 10.0 Å². The van der Waals surface area contributed by atoms with Gasteiger partial charge in [0, 0.05) is 24.8 Å². The van der Waals surface area contributed by atoms with Gasteiger partial charge in [0.2, 0.25) is 5.91 Å². The van der Waals surface area contributed by atoms with E-state index in [1.807, 2.05) is 13.1 Å². The van der Waals surface area contributed by atoms with Gasteiger partial charge in [-0.1, -0.05) is 24.3 Å². The van der Waals surface area contributed by atoms with Gasteiger partial charge in [-0.3, -0.25) is 14.2 Å². The van der Waals surface area contributed by atoms with Crippen LogP contribution in [0, 0.1) is 6.92 Å². The summed E-state index contributed by atoms with van der Waals surface area (Å²) in [5, 5.41) is 6.91. The summed E-state index contributed by atoms with van der Waals surface area (Å²) in [6.45, 7) is 2.41. The average Bonchev–Trinajstić information content (AvgIpc) is 3.06. The molecule has 8 heteroatoms. The lowest BCUT2D eigenvalue weighted by Crippen LogP contribution is -2.15. The van der Waals surface area contributed by atoms with E-state index >= 15 is 0 Å². The molecule has 0 aliphatic heterocycles. The van der Waals surface area contributed by atoms with Crippen molar-refractivity contribution in [3.8, 4) is 0 Å². The zero-order chi connectivity index (χ0) is 19.3. The molecule has 2 N–H and O–H groups in total. The zero-order valence-electron chi connectivity index (χ0n) is 14.8. The number of aromatic nitrogens is 2. The molecule has 3 rings (SSSR count). The Bertz CT molecular complexity index is 1030. The van der Waals surface area contributed by atoms with Gasteiger partial charge < -0.3 is 5.32 Å². The van der Waals surface area contributed by atoms with Crippen LogP contribution in [0.1, 0.15) is 12.0 Å². The smallest absolute Gasteiger partial charge is 0.261 e. The van der Waals surface area contributed by atoms with E-state index in [0.717, 1.165) is 5.56 Å². The summed E-state index contributed by atoms with van der Waals surface area (Å²) in [5.74, 6) is -0.175. The van der Waals surface area contributed by atoms with Crippen molar-refractivity contribution in [3.63, 3.8) is 0 Å². The molecule has 0 aliphatic carbocycles. The molecule has 1 amide bonds. The zero-order valence-corrected chi connectivity index (χ0v) is 15.6. The topological polar surface area (TPSA) is 93.1 Å². The van der Waals surface area contributed by atoms with Crippen LogP contribution in [0.3, 0.4) is 0 Å². The molecule has 7 nitrogen and oxygen atoms in total. The van der Waals surface area contributed by atoms with Crippen LogP contribution >= 0.6 is 0 Å². The molecule has 27 heavy (non-hydrogen) atoms. The van der Waals surface area contributed by atoms with Crippen LogP contribution in [-0.4, -0.2) is 24.1 Å². The number of amides is 1. The van der Waals surface area contributed by atoms with Crippen LogP contribution in [-0.2, 0) is 21.4 Å². The second-order valence-electron chi connectivity index (χ2n) is 6.08. The molecule has 0 bridgehead atoms. The second kappa shape index (κ2) is 8.05. The molecule has 0 fully saturated rings. The maximum Gasteiger partial charge on any atom is 0.261 e. The van der Waals surface area contributed by atoms with Crippen LogP contribution in [0.5, 0.6) is 0 Å². The van der Waals surface area contributed by atoms with Crippen molar-refractivity contribution in [3.05, 3.63) is 72.6 Å². The number of benzene rings is 2. The van der Waals surface area contributed by atoms with Gasteiger partial charge in [0.1, 0.15) is 0 Å².